The fourth-order valence-corrected chi connectivity index (χ4v) is 3.30. The summed E-state index contributed by atoms with van der Waals surface area (Å²) < 4.78 is 26.6. The summed E-state index contributed by atoms with van der Waals surface area (Å²) in [5.41, 5.74) is 3.68. The zero-order valence-electron chi connectivity index (χ0n) is 15.8. The minimum atomic E-state index is -0.885. The van der Waals surface area contributed by atoms with Crippen molar-refractivity contribution in [2.75, 3.05) is 5.32 Å². The topological polar surface area (TPSA) is 92.3 Å². The van der Waals surface area contributed by atoms with E-state index in [2.05, 4.69) is 35.5 Å². The second kappa shape index (κ2) is 7.11. The first-order chi connectivity index (χ1) is 14.6. The molecule has 0 amide bonds. The predicted molar refractivity (Wildman–Crippen MR) is 109 cm³/mol. The van der Waals surface area contributed by atoms with Gasteiger partial charge in [0.25, 0.3) is 0 Å². The summed E-state index contributed by atoms with van der Waals surface area (Å²) in [6.07, 6.45) is 4.89. The van der Waals surface area contributed by atoms with Gasteiger partial charge in [0, 0.05) is 17.1 Å². The van der Waals surface area contributed by atoms with E-state index in [1.54, 1.807) is 12.4 Å². The molecule has 0 aliphatic rings. The minimum Gasteiger partial charge on any atom is -0.348 e. The lowest BCUT2D eigenvalue weighted by atomic mass is 10.1. The number of hydrogen-bond acceptors (Lipinski definition) is 6. The van der Waals surface area contributed by atoms with Crippen LogP contribution in [-0.2, 0) is 0 Å². The van der Waals surface area contributed by atoms with Crippen LogP contribution in [0.5, 0.6) is 0 Å². The molecule has 0 spiro atoms. The molecule has 1 atom stereocenters. The third-order valence-corrected chi connectivity index (χ3v) is 4.89. The summed E-state index contributed by atoms with van der Waals surface area (Å²) in [5.74, 6) is -1.36. The van der Waals surface area contributed by atoms with Gasteiger partial charge in [0.15, 0.2) is 17.3 Å². The van der Waals surface area contributed by atoms with Crippen molar-refractivity contribution in [3.8, 4) is 11.3 Å². The molecule has 2 N–H and O–H groups in total. The third-order valence-electron chi connectivity index (χ3n) is 4.89. The molecule has 30 heavy (non-hydrogen) atoms. The Kier molecular flexibility index (Phi) is 4.27. The van der Waals surface area contributed by atoms with Gasteiger partial charge in [-0.1, -0.05) is 12.1 Å². The van der Waals surface area contributed by atoms with Crippen molar-refractivity contribution in [2.24, 2.45) is 0 Å². The van der Waals surface area contributed by atoms with Gasteiger partial charge in [-0.3, -0.25) is 5.10 Å². The summed E-state index contributed by atoms with van der Waals surface area (Å²) in [6.45, 7) is 1.83. The van der Waals surface area contributed by atoms with Crippen LogP contribution in [0.2, 0.25) is 0 Å². The van der Waals surface area contributed by atoms with Crippen LogP contribution in [0.15, 0.2) is 55.1 Å². The van der Waals surface area contributed by atoms with E-state index in [1.165, 1.54) is 18.5 Å². The highest BCUT2D eigenvalue weighted by Gasteiger charge is 2.12. The second-order valence-corrected chi connectivity index (χ2v) is 6.86. The maximum absolute atomic E-state index is 13.5. The van der Waals surface area contributed by atoms with Crippen LogP contribution in [0.1, 0.15) is 18.5 Å². The van der Waals surface area contributed by atoms with Crippen LogP contribution < -0.4 is 5.32 Å². The standard InChI is InChI=1S/C21H15F2N7/c1-11(12-2-4-16(22)17(23)7-12)28-21-24-8-14-6-13(3-5-18(14)29-21)19-15-9-27-30-20(15)26-10-25-19/h2-11H,1H3,(H,24,28,29)(H,25,26,27,30). The molecule has 3 aromatic heterocycles. The lowest BCUT2D eigenvalue weighted by molar-refractivity contribution is 0.506. The minimum absolute atomic E-state index is 0.299. The number of rotatable bonds is 4. The molecule has 0 aliphatic heterocycles. The molecule has 0 aliphatic carbocycles. The largest absolute Gasteiger partial charge is 0.348 e. The zero-order valence-corrected chi connectivity index (χ0v) is 15.8. The van der Waals surface area contributed by atoms with Crippen LogP contribution in [0.3, 0.4) is 0 Å². The van der Waals surface area contributed by atoms with Crippen molar-refractivity contribution in [2.45, 2.75) is 13.0 Å². The first-order valence-electron chi connectivity index (χ1n) is 9.21. The van der Waals surface area contributed by atoms with Gasteiger partial charge in [-0.05, 0) is 36.8 Å². The normalized spacial score (nSPS) is 12.4. The number of hydrogen-bond donors (Lipinski definition) is 2. The number of nitrogens with one attached hydrogen (secondary N) is 2. The molecule has 0 saturated heterocycles. The van der Waals surface area contributed by atoms with Gasteiger partial charge in [0.1, 0.15) is 6.33 Å². The Bertz CT molecular complexity index is 1380. The Morgan fingerprint density at radius 2 is 1.87 bits per heavy atom. The molecular formula is C21H15F2N7. The number of anilines is 1. The number of aromatic nitrogens is 6. The van der Waals surface area contributed by atoms with Gasteiger partial charge in [0.2, 0.25) is 5.95 Å². The van der Waals surface area contributed by atoms with E-state index >= 15 is 0 Å². The van der Waals surface area contributed by atoms with Gasteiger partial charge in [0.05, 0.1) is 28.8 Å². The fourth-order valence-electron chi connectivity index (χ4n) is 3.30. The van der Waals surface area contributed by atoms with Gasteiger partial charge in [-0.2, -0.15) is 5.10 Å². The van der Waals surface area contributed by atoms with Crippen molar-refractivity contribution >= 4 is 27.9 Å². The highest BCUT2D eigenvalue weighted by molar-refractivity contribution is 5.93. The number of H-pyrrole nitrogens is 1. The van der Waals surface area contributed by atoms with Crippen molar-refractivity contribution in [3.05, 3.63) is 72.3 Å². The van der Waals surface area contributed by atoms with Crippen LogP contribution in [0.25, 0.3) is 33.2 Å². The maximum atomic E-state index is 13.5. The van der Waals surface area contributed by atoms with Gasteiger partial charge in [-0.25, -0.2) is 28.7 Å². The van der Waals surface area contributed by atoms with E-state index in [4.69, 9.17) is 0 Å². The van der Waals surface area contributed by atoms with Crippen LogP contribution in [0.4, 0.5) is 14.7 Å². The number of nitrogens with zero attached hydrogens (tertiary/aromatic N) is 5. The number of halogens is 2. The molecule has 5 aromatic rings. The molecule has 0 saturated carbocycles. The van der Waals surface area contributed by atoms with E-state index in [1.807, 2.05) is 25.1 Å². The summed E-state index contributed by atoms with van der Waals surface area (Å²) in [4.78, 5) is 17.4. The summed E-state index contributed by atoms with van der Waals surface area (Å²) in [6, 6.07) is 9.26. The molecule has 148 valence electrons. The Morgan fingerprint density at radius 3 is 2.73 bits per heavy atom. The van der Waals surface area contributed by atoms with Crippen LogP contribution in [-0.4, -0.2) is 30.1 Å². The summed E-state index contributed by atoms with van der Waals surface area (Å²) >= 11 is 0. The summed E-state index contributed by atoms with van der Waals surface area (Å²) in [7, 11) is 0. The third kappa shape index (κ3) is 3.20. The molecule has 1 unspecified atom stereocenters. The molecule has 0 fully saturated rings. The quantitative estimate of drug-likeness (QED) is 0.462. The lowest BCUT2D eigenvalue weighted by Crippen LogP contribution is -2.10. The van der Waals surface area contributed by atoms with E-state index in [0.717, 1.165) is 33.6 Å². The van der Waals surface area contributed by atoms with Gasteiger partial charge >= 0.3 is 0 Å². The van der Waals surface area contributed by atoms with E-state index < -0.39 is 11.6 Å². The number of benzene rings is 2. The average molecular weight is 403 g/mol. The molecule has 0 bridgehead atoms. The van der Waals surface area contributed by atoms with Crippen molar-refractivity contribution < 1.29 is 8.78 Å². The molecule has 5 rings (SSSR count). The lowest BCUT2D eigenvalue weighted by Gasteiger charge is -2.15. The van der Waals surface area contributed by atoms with E-state index in [9.17, 15) is 8.78 Å². The Balaban J connectivity index is 1.44. The molecule has 0 radical (unpaired) electrons. The van der Waals surface area contributed by atoms with E-state index in [-0.39, 0.29) is 6.04 Å². The maximum Gasteiger partial charge on any atom is 0.223 e. The van der Waals surface area contributed by atoms with Gasteiger partial charge in [-0.15, -0.1) is 0 Å². The Morgan fingerprint density at radius 1 is 0.967 bits per heavy atom. The smallest absolute Gasteiger partial charge is 0.223 e. The monoisotopic (exact) mass is 403 g/mol. The average Bonchev–Trinajstić information content (AvgIpc) is 3.24. The van der Waals surface area contributed by atoms with Gasteiger partial charge < -0.3 is 5.32 Å². The predicted octanol–water partition coefficient (Wildman–Crippen LogP) is 4.41. The van der Waals surface area contributed by atoms with E-state index in [0.29, 0.717) is 17.2 Å². The Hall–Kier alpha value is -4.01. The number of fused-ring (bicyclic) bond motifs is 2. The number of aromatic amines is 1. The summed E-state index contributed by atoms with van der Waals surface area (Å²) in [5, 5.41) is 11.6. The molecular weight excluding hydrogens is 388 g/mol. The zero-order chi connectivity index (χ0) is 20.7. The molecule has 7 nitrogen and oxygen atoms in total. The fraction of sp³-hybridized carbons (Fsp3) is 0.0952. The van der Waals surface area contributed by atoms with Crippen LogP contribution >= 0.6 is 0 Å². The Labute approximate surface area is 169 Å². The first kappa shape index (κ1) is 18.0. The SMILES string of the molecule is CC(Nc1ncc2cc(-c3ncnc4[nH]ncc34)ccc2n1)c1ccc(F)c(F)c1. The highest BCUT2D eigenvalue weighted by atomic mass is 19.2. The van der Waals surface area contributed by atoms with Crippen molar-refractivity contribution in [3.63, 3.8) is 0 Å². The van der Waals surface area contributed by atoms with Crippen LogP contribution in [0, 0.1) is 11.6 Å². The molecule has 2 aromatic carbocycles. The molecule has 3 heterocycles. The van der Waals surface area contributed by atoms with Crippen molar-refractivity contribution in [1.29, 1.82) is 0 Å². The van der Waals surface area contributed by atoms with Crippen molar-refractivity contribution in [1.82, 2.24) is 30.1 Å². The second-order valence-electron chi connectivity index (χ2n) is 6.86. The highest BCUT2D eigenvalue weighted by Crippen LogP contribution is 2.27. The molecule has 9 heteroatoms. The first-order valence-corrected chi connectivity index (χ1v) is 9.21.